The minimum absolute atomic E-state index is 0.106. The molecule has 2 aliphatic rings. The zero-order valence-corrected chi connectivity index (χ0v) is 6.12. The van der Waals surface area contributed by atoms with E-state index in [9.17, 15) is 0 Å². The third-order valence-corrected chi connectivity index (χ3v) is 2.34. The molecule has 0 N–H and O–H groups in total. The second kappa shape index (κ2) is 2.24. The lowest BCUT2D eigenvalue weighted by molar-refractivity contribution is 0.0658. The molecule has 0 unspecified atom stereocenters. The molecule has 3 heteroatoms. The summed E-state index contributed by atoms with van der Waals surface area (Å²) < 4.78 is 10.9. The maximum absolute atomic E-state index is 5.73. The maximum atomic E-state index is 5.73. The number of hydrogen-bond donors (Lipinski definition) is 0. The van der Waals surface area contributed by atoms with Crippen molar-refractivity contribution in [1.29, 1.82) is 0 Å². The highest BCUT2D eigenvalue weighted by atomic mass is 16.6. The van der Waals surface area contributed by atoms with Gasteiger partial charge in [-0.2, -0.15) is 0 Å². The van der Waals surface area contributed by atoms with Crippen molar-refractivity contribution in [3.63, 3.8) is 0 Å². The lowest BCUT2D eigenvalue weighted by Crippen LogP contribution is -2.22. The Morgan fingerprint density at radius 3 is 2.60 bits per heavy atom. The smallest absolute Gasteiger partial charge is 0.0880 e. The van der Waals surface area contributed by atoms with Crippen LogP contribution < -0.4 is 0 Å². The van der Waals surface area contributed by atoms with Crippen LogP contribution in [-0.2, 0) is 9.47 Å². The van der Waals surface area contributed by atoms with E-state index in [4.69, 9.17) is 17.3 Å². The normalized spacial score (nSPS) is 53.3. The number of rotatable bonds is 0. The standard InChI is InChI=1S/C7H11BO2/c1-4-2-9-7-5(8)3-10-6(4)7/h4-7H,2-3H2,1H3/t4-,5-,6+,7+/m0/s1. The van der Waals surface area contributed by atoms with Crippen LogP contribution >= 0.6 is 0 Å². The van der Waals surface area contributed by atoms with Gasteiger partial charge in [-0.15, -0.1) is 0 Å². The van der Waals surface area contributed by atoms with Gasteiger partial charge in [0.2, 0.25) is 0 Å². The summed E-state index contributed by atoms with van der Waals surface area (Å²) in [4.78, 5) is 0. The highest BCUT2D eigenvalue weighted by Gasteiger charge is 2.43. The van der Waals surface area contributed by atoms with E-state index in [-0.39, 0.29) is 18.0 Å². The van der Waals surface area contributed by atoms with Crippen LogP contribution in [0.15, 0.2) is 0 Å². The molecule has 54 valence electrons. The third-order valence-electron chi connectivity index (χ3n) is 2.34. The van der Waals surface area contributed by atoms with Crippen LogP contribution in [0, 0.1) is 5.92 Å². The molecule has 0 aliphatic carbocycles. The highest BCUT2D eigenvalue weighted by Crippen LogP contribution is 2.35. The van der Waals surface area contributed by atoms with E-state index in [0.29, 0.717) is 12.5 Å². The molecular formula is C7H11BO2. The van der Waals surface area contributed by atoms with Crippen LogP contribution in [0.5, 0.6) is 0 Å². The van der Waals surface area contributed by atoms with Crippen LogP contribution in [-0.4, -0.2) is 33.3 Å². The van der Waals surface area contributed by atoms with Gasteiger partial charge < -0.3 is 9.47 Å². The first-order chi connectivity index (χ1) is 4.79. The highest BCUT2D eigenvalue weighted by molar-refractivity contribution is 6.12. The zero-order chi connectivity index (χ0) is 7.14. The molecule has 0 amide bonds. The van der Waals surface area contributed by atoms with Crippen LogP contribution in [0.25, 0.3) is 0 Å². The Morgan fingerprint density at radius 1 is 1.20 bits per heavy atom. The molecule has 0 aromatic rings. The Kier molecular flexibility index (Phi) is 1.50. The van der Waals surface area contributed by atoms with Gasteiger partial charge in [0.05, 0.1) is 26.7 Å². The molecule has 0 bridgehead atoms. The van der Waals surface area contributed by atoms with E-state index in [2.05, 4.69) is 6.92 Å². The molecule has 0 aromatic carbocycles. The Hall–Kier alpha value is -0.0151. The van der Waals surface area contributed by atoms with Crippen molar-refractivity contribution in [1.82, 2.24) is 0 Å². The molecule has 0 aromatic heterocycles. The van der Waals surface area contributed by atoms with Gasteiger partial charge in [-0.3, -0.25) is 0 Å². The molecule has 4 atom stereocenters. The number of fused-ring (bicyclic) bond motifs is 1. The minimum atomic E-state index is 0.106. The van der Waals surface area contributed by atoms with E-state index in [1.807, 2.05) is 0 Å². The number of ether oxygens (including phenoxy) is 2. The van der Waals surface area contributed by atoms with Crippen molar-refractivity contribution < 1.29 is 9.47 Å². The minimum Gasteiger partial charge on any atom is -0.376 e. The van der Waals surface area contributed by atoms with Crippen LogP contribution in [0.2, 0.25) is 5.82 Å². The van der Waals surface area contributed by atoms with Crippen molar-refractivity contribution in [2.75, 3.05) is 13.2 Å². The predicted octanol–water partition coefficient (Wildman–Crippen LogP) is 0.377. The summed E-state index contributed by atoms with van der Waals surface area (Å²) in [6, 6.07) is 0. The van der Waals surface area contributed by atoms with Gasteiger partial charge in [0, 0.05) is 12.5 Å². The first kappa shape index (κ1) is 6.68. The predicted molar refractivity (Wildman–Crippen MR) is 38.1 cm³/mol. The Morgan fingerprint density at radius 2 is 1.90 bits per heavy atom. The van der Waals surface area contributed by atoms with E-state index in [1.165, 1.54) is 0 Å². The average molecular weight is 138 g/mol. The molecule has 2 aliphatic heterocycles. The summed E-state index contributed by atoms with van der Waals surface area (Å²) in [7, 11) is 5.73. The topological polar surface area (TPSA) is 18.5 Å². The fraction of sp³-hybridized carbons (Fsp3) is 1.00. The molecule has 2 saturated heterocycles. The van der Waals surface area contributed by atoms with Crippen molar-refractivity contribution in [3.05, 3.63) is 0 Å². The Labute approximate surface area is 62.3 Å². The van der Waals surface area contributed by atoms with Gasteiger partial charge in [-0.25, -0.2) is 0 Å². The first-order valence-electron chi connectivity index (χ1n) is 3.78. The molecule has 2 radical (unpaired) electrons. The van der Waals surface area contributed by atoms with Crippen molar-refractivity contribution in [2.45, 2.75) is 24.9 Å². The Bertz CT molecular complexity index is 124. The molecule has 0 spiro atoms. The van der Waals surface area contributed by atoms with E-state index >= 15 is 0 Å². The van der Waals surface area contributed by atoms with Gasteiger partial charge >= 0.3 is 0 Å². The monoisotopic (exact) mass is 138 g/mol. The first-order valence-corrected chi connectivity index (χ1v) is 3.78. The van der Waals surface area contributed by atoms with Crippen molar-refractivity contribution >= 4 is 7.85 Å². The van der Waals surface area contributed by atoms with E-state index in [0.717, 1.165) is 6.61 Å². The Balaban J connectivity index is 2.09. The van der Waals surface area contributed by atoms with Crippen molar-refractivity contribution in [2.24, 2.45) is 5.92 Å². The van der Waals surface area contributed by atoms with Gasteiger partial charge in [0.25, 0.3) is 0 Å². The summed E-state index contributed by atoms with van der Waals surface area (Å²) in [5, 5.41) is 0. The van der Waals surface area contributed by atoms with E-state index < -0.39 is 0 Å². The zero-order valence-electron chi connectivity index (χ0n) is 6.12. The van der Waals surface area contributed by atoms with Gasteiger partial charge in [-0.05, 0) is 5.82 Å². The lowest BCUT2D eigenvalue weighted by atomic mass is 9.82. The largest absolute Gasteiger partial charge is 0.376 e. The SMILES string of the molecule is [B][C@H]1CO[C@H]2[C@@H]1OC[C@@H]2C. The lowest BCUT2D eigenvalue weighted by Gasteiger charge is -2.11. The second-order valence-corrected chi connectivity index (χ2v) is 3.24. The molecule has 2 fully saturated rings. The van der Waals surface area contributed by atoms with Crippen LogP contribution in [0.3, 0.4) is 0 Å². The number of hydrogen-bond acceptors (Lipinski definition) is 2. The van der Waals surface area contributed by atoms with Crippen LogP contribution in [0.1, 0.15) is 6.92 Å². The molecular weight excluding hydrogens is 127 g/mol. The van der Waals surface area contributed by atoms with Crippen molar-refractivity contribution in [3.8, 4) is 0 Å². The summed E-state index contributed by atoms with van der Waals surface area (Å²) in [5.41, 5.74) is 0. The second-order valence-electron chi connectivity index (χ2n) is 3.24. The summed E-state index contributed by atoms with van der Waals surface area (Å²) in [6.07, 6.45) is 0.449. The van der Waals surface area contributed by atoms with Crippen LogP contribution in [0.4, 0.5) is 0 Å². The van der Waals surface area contributed by atoms with E-state index in [1.54, 1.807) is 0 Å². The third kappa shape index (κ3) is 0.806. The van der Waals surface area contributed by atoms with Gasteiger partial charge in [0.15, 0.2) is 0 Å². The molecule has 2 heterocycles. The maximum Gasteiger partial charge on any atom is 0.0880 e. The summed E-state index contributed by atoms with van der Waals surface area (Å²) in [5.74, 6) is 0.633. The summed E-state index contributed by atoms with van der Waals surface area (Å²) in [6.45, 7) is 3.62. The molecule has 0 saturated carbocycles. The average Bonchev–Trinajstić information content (AvgIpc) is 2.41. The van der Waals surface area contributed by atoms with Gasteiger partial charge in [0.1, 0.15) is 0 Å². The fourth-order valence-electron chi connectivity index (χ4n) is 1.72. The fourth-order valence-corrected chi connectivity index (χ4v) is 1.72. The molecule has 2 rings (SSSR count). The molecule has 10 heavy (non-hydrogen) atoms. The molecule has 2 nitrogen and oxygen atoms in total. The quantitative estimate of drug-likeness (QED) is 0.450. The summed E-state index contributed by atoms with van der Waals surface area (Å²) >= 11 is 0. The van der Waals surface area contributed by atoms with Gasteiger partial charge in [-0.1, -0.05) is 6.92 Å².